The average molecular weight is 587 g/mol. The summed E-state index contributed by atoms with van der Waals surface area (Å²) in [5.41, 5.74) is 2.56. The molecule has 0 saturated carbocycles. The van der Waals surface area contributed by atoms with Crippen molar-refractivity contribution in [3.63, 3.8) is 0 Å². The fraction of sp³-hybridized carbons (Fsp3) is 0.152. The fourth-order valence-electron chi connectivity index (χ4n) is 3.37. The molecule has 0 atom stereocenters. The quantitative estimate of drug-likeness (QED) is 0.0854. The highest BCUT2D eigenvalue weighted by Crippen LogP contribution is 2.24. The van der Waals surface area contributed by atoms with Gasteiger partial charge in [0.25, 0.3) is 0 Å². The molecule has 0 aliphatic rings. The number of hydrogen-bond donors (Lipinski definition) is 1. The Morgan fingerprint density at radius 3 is 1.72 bits per heavy atom. The lowest BCUT2D eigenvalue weighted by molar-refractivity contribution is -0.139. The zero-order valence-electron chi connectivity index (χ0n) is 23.2. The molecule has 0 aliphatic carbocycles. The SMILES string of the molecule is C=CC(=O)Oc1ccc(OC(=O)/C=C/c2ccc(-c3ccc(OC(=O)OCCCCOC(=O)C(=C)CO)cc3)cc2)cc1. The van der Waals surface area contributed by atoms with Crippen molar-refractivity contribution in [2.45, 2.75) is 12.8 Å². The van der Waals surface area contributed by atoms with Crippen molar-refractivity contribution in [3.8, 4) is 28.4 Å². The highest BCUT2D eigenvalue weighted by atomic mass is 16.7. The highest BCUT2D eigenvalue weighted by Gasteiger charge is 2.09. The summed E-state index contributed by atoms with van der Waals surface area (Å²) >= 11 is 0. The Balaban J connectivity index is 1.40. The molecule has 3 aromatic rings. The van der Waals surface area contributed by atoms with Gasteiger partial charge in [-0.3, -0.25) is 0 Å². The first kappa shape index (κ1) is 32.0. The van der Waals surface area contributed by atoms with Gasteiger partial charge >= 0.3 is 24.1 Å². The Hall–Kier alpha value is -5.48. The maximum Gasteiger partial charge on any atom is 0.513 e. The second-order valence-corrected chi connectivity index (χ2v) is 8.80. The van der Waals surface area contributed by atoms with Crippen molar-refractivity contribution < 1.29 is 48.0 Å². The van der Waals surface area contributed by atoms with Crippen molar-refractivity contribution in [1.29, 1.82) is 0 Å². The topological polar surface area (TPSA) is 135 Å². The molecule has 222 valence electrons. The smallest absolute Gasteiger partial charge is 0.462 e. The lowest BCUT2D eigenvalue weighted by Gasteiger charge is -2.08. The molecule has 0 unspecified atom stereocenters. The van der Waals surface area contributed by atoms with E-state index in [4.69, 9.17) is 28.8 Å². The average Bonchev–Trinajstić information content (AvgIpc) is 3.02. The summed E-state index contributed by atoms with van der Waals surface area (Å²) in [5.74, 6) is -0.895. The molecule has 0 saturated heterocycles. The number of benzene rings is 3. The van der Waals surface area contributed by atoms with E-state index in [2.05, 4.69) is 13.2 Å². The number of unbranched alkanes of at least 4 members (excludes halogenated alkanes) is 1. The number of hydrogen-bond acceptors (Lipinski definition) is 10. The molecule has 3 rings (SSSR count). The number of rotatable bonds is 14. The van der Waals surface area contributed by atoms with Gasteiger partial charge in [-0.05, 0) is 72.0 Å². The van der Waals surface area contributed by atoms with E-state index >= 15 is 0 Å². The molecule has 1 N–H and O–H groups in total. The normalized spacial score (nSPS) is 10.4. The minimum Gasteiger partial charge on any atom is -0.462 e. The van der Waals surface area contributed by atoms with Crippen LogP contribution in [0.3, 0.4) is 0 Å². The van der Waals surface area contributed by atoms with Crippen molar-refractivity contribution >= 4 is 30.1 Å². The zero-order valence-corrected chi connectivity index (χ0v) is 23.2. The summed E-state index contributed by atoms with van der Waals surface area (Å²) in [6.07, 6.45) is 4.06. The third-order valence-corrected chi connectivity index (χ3v) is 5.61. The first-order chi connectivity index (χ1) is 20.8. The van der Waals surface area contributed by atoms with E-state index in [1.54, 1.807) is 30.3 Å². The lowest BCUT2D eigenvalue weighted by Crippen LogP contribution is -2.13. The minimum absolute atomic E-state index is 0.0210. The molecule has 10 heteroatoms. The predicted octanol–water partition coefficient (Wildman–Crippen LogP) is 5.45. The fourth-order valence-corrected chi connectivity index (χ4v) is 3.37. The Labute approximate surface area is 248 Å². The Morgan fingerprint density at radius 2 is 1.16 bits per heavy atom. The van der Waals surface area contributed by atoms with Crippen LogP contribution < -0.4 is 14.2 Å². The van der Waals surface area contributed by atoms with Gasteiger partial charge in [-0.1, -0.05) is 49.6 Å². The number of carbonyl (C=O) groups is 4. The van der Waals surface area contributed by atoms with Gasteiger partial charge in [-0.15, -0.1) is 0 Å². The van der Waals surface area contributed by atoms with Crippen LogP contribution in [-0.2, 0) is 23.9 Å². The minimum atomic E-state index is -0.848. The molecule has 0 aliphatic heterocycles. The Bertz CT molecular complexity index is 1450. The summed E-state index contributed by atoms with van der Waals surface area (Å²) in [6, 6.07) is 20.4. The van der Waals surface area contributed by atoms with Crippen molar-refractivity contribution in [2.24, 2.45) is 0 Å². The van der Waals surface area contributed by atoms with Gasteiger partial charge in [-0.25, -0.2) is 19.2 Å². The molecular weight excluding hydrogens is 556 g/mol. The van der Waals surface area contributed by atoms with E-state index in [-0.39, 0.29) is 18.8 Å². The van der Waals surface area contributed by atoms with Crippen LogP contribution in [0.25, 0.3) is 17.2 Å². The van der Waals surface area contributed by atoms with Crippen LogP contribution in [0.15, 0.2) is 104 Å². The zero-order chi connectivity index (χ0) is 31.0. The van der Waals surface area contributed by atoms with Gasteiger partial charge in [0.15, 0.2) is 0 Å². The molecule has 0 heterocycles. The second-order valence-electron chi connectivity index (χ2n) is 8.80. The van der Waals surface area contributed by atoms with Gasteiger partial charge in [0.1, 0.15) is 17.2 Å². The van der Waals surface area contributed by atoms with Crippen LogP contribution in [0.5, 0.6) is 17.2 Å². The van der Waals surface area contributed by atoms with Gasteiger partial charge in [0.05, 0.1) is 25.4 Å². The summed E-state index contributed by atoms with van der Waals surface area (Å²) in [4.78, 5) is 46.7. The molecule has 0 radical (unpaired) electrons. The van der Waals surface area contributed by atoms with Crippen LogP contribution in [-0.4, -0.2) is 49.0 Å². The molecule has 43 heavy (non-hydrogen) atoms. The first-order valence-corrected chi connectivity index (χ1v) is 13.1. The van der Waals surface area contributed by atoms with Crippen molar-refractivity contribution in [2.75, 3.05) is 19.8 Å². The highest BCUT2D eigenvalue weighted by molar-refractivity contribution is 5.89. The summed E-state index contributed by atoms with van der Waals surface area (Å²) in [6.45, 7) is 6.45. The van der Waals surface area contributed by atoms with E-state index in [1.165, 1.54) is 30.3 Å². The number of ether oxygens (including phenoxy) is 5. The second kappa shape index (κ2) is 16.7. The molecular formula is C33H30O10. The van der Waals surface area contributed by atoms with Gasteiger partial charge in [0.2, 0.25) is 0 Å². The van der Waals surface area contributed by atoms with E-state index < -0.39 is 30.7 Å². The first-order valence-electron chi connectivity index (χ1n) is 13.1. The molecule has 0 amide bonds. The predicted molar refractivity (Wildman–Crippen MR) is 157 cm³/mol. The Morgan fingerprint density at radius 1 is 0.674 bits per heavy atom. The third-order valence-electron chi connectivity index (χ3n) is 5.61. The monoisotopic (exact) mass is 586 g/mol. The molecule has 0 fully saturated rings. The van der Waals surface area contributed by atoms with Gasteiger partial charge in [0, 0.05) is 12.2 Å². The molecule has 0 aromatic heterocycles. The summed E-state index contributed by atoms with van der Waals surface area (Å²) < 4.78 is 25.3. The van der Waals surface area contributed by atoms with Crippen LogP contribution in [0.1, 0.15) is 18.4 Å². The number of aliphatic hydroxyl groups excluding tert-OH is 1. The number of aliphatic hydroxyl groups is 1. The molecule has 3 aromatic carbocycles. The van der Waals surface area contributed by atoms with Gasteiger partial charge in [-0.2, -0.15) is 0 Å². The molecule has 10 nitrogen and oxygen atoms in total. The maximum atomic E-state index is 12.2. The number of esters is 3. The largest absolute Gasteiger partial charge is 0.513 e. The van der Waals surface area contributed by atoms with Crippen LogP contribution >= 0.6 is 0 Å². The van der Waals surface area contributed by atoms with E-state index in [9.17, 15) is 19.2 Å². The summed E-state index contributed by atoms with van der Waals surface area (Å²) in [5, 5.41) is 8.81. The van der Waals surface area contributed by atoms with Crippen LogP contribution in [0, 0.1) is 0 Å². The third kappa shape index (κ3) is 11.1. The van der Waals surface area contributed by atoms with E-state index in [0.29, 0.717) is 30.1 Å². The Kier molecular flexibility index (Phi) is 12.4. The van der Waals surface area contributed by atoms with Crippen molar-refractivity contribution in [1.82, 2.24) is 0 Å². The lowest BCUT2D eigenvalue weighted by atomic mass is 10.0. The van der Waals surface area contributed by atoms with Crippen LogP contribution in [0.2, 0.25) is 0 Å². The van der Waals surface area contributed by atoms with Crippen LogP contribution in [0.4, 0.5) is 4.79 Å². The van der Waals surface area contributed by atoms with Gasteiger partial charge < -0.3 is 28.8 Å². The molecule has 0 bridgehead atoms. The summed E-state index contributed by atoms with van der Waals surface area (Å²) in [7, 11) is 0. The standard InChI is InChI=1S/C33H30O10/c1-3-30(35)41-27-15-17-28(18-16-27)42-31(36)19-8-24-6-9-25(10-7-24)26-11-13-29(14-12-26)43-33(38)40-21-5-4-20-39-32(37)23(2)22-34/h3,6-19,34H,1-2,4-5,20-22H2/b19-8+. The number of carbonyl (C=O) groups excluding carboxylic acids is 4. The van der Waals surface area contributed by atoms with E-state index in [0.717, 1.165) is 22.8 Å². The maximum absolute atomic E-state index is 12.2. The van der Waals surface area contributed by atoms with E-state index in [1.807, 2.05) is 24.3 Å². The van der Waals surface area contributed by atoms with Crippen molar-refractivity contribution in [3.05, 3.63) is 109 Å². The molecule has 0 spiro atoms.